The fourth-order valence-electron chi connectivity index (χ4n) is 2.09. The van der Waals surface area contributed by atoms with Crippen LogP contribution in [0.4, 0.5) is 36.4 Å². The molecule has 0 aliphatic heterocycles. The van der Waals surface area contributed by atoms with E-state index in [1.165, 1.54) is 0 Å². The van der Waals surface area contributed by atoms with Gasteiger partial charge in [0.1, 0.15) is 18.9 Å². The molecule has 1 unspecified atom stereocenters. The largest absolute Gasteiger partial charge is 0.405 e. The van der Waals surface area contributed by atoms with Gasteiger partial charge in [0.2, 0.25) is 0 Å². The Hall–Kier alpha value is -1.04. The van der Waals surface area contributed by atoms with Crippen molar-refractivity contribution in [2.75, 3.05) is 18.0 Å². The van der Waals surface area contributed by atoms with Crippen molar-refractivity contribution < 1.29 is 30.7 Å². The van der Waals surface area contributed by atoms with Crippen LogP contribution in [0.1, 0.15) is 25.3 Å². The number of alkyl halides is 6. The van der Waals surface area contributed by atoms with Gasteiger partial charge in [-0.3, -0.25) is 0 Å². The second kappa shape index (κ2) is 6.60. The van der Waals surface area contributed by atoms with E-state index in [1.54, 1.807) is 13.8 Å². The van der Waals surface area contributed by atoms with Gasteiger partial charge in [-0.05, 0) is 28.9 Å². The molecule has 0 spiro atoms. The normalized spacial score (nSPS) is 12.9. The highest BCUT2D eigenvalue weighted by Crippen LogP contribution is 2.29. The number of nitrogens with zero attached hydrogens (tertiary/aromatic N) is 1. The van der Waals surface area contributed by atoms with Crippen molar-refractivity contribution in [2.24, 2.45) is 0 Å². The lowest BCUT2D eigenvalue weighted by molar-refractivity contribution is -0.137. The van der Waals surface area contributed by atoms with Crippen LogP contribution < -0.4 is 10.2 Å². The van der Waals surface area contributed by atoms with Crippen LogP contribution in [0.2, 0.25) is 0 Å². The molecule has 1 nitrogen and oxygen atoms in total. The Labute approximate surface area is 125 Å². The van der Waals surface area contributed by atoms with Gasteiger partial charge in [0.05, 0.1) is 0 Å². The van der Waals surface area contributed by atoms with Gasteiger partial charge >= 0.3 is 12.4 Å². The van der Waals surface area contributed by atoms with Crippen molar-refractivity contribution in [1.82, 2.24) is 0 Å². The maximum atomic E-state index is 14.0. The maximum absolute atomic E-state index is 14.0. The Morgan fingerprint density at radius 3 is 1.77 bits per heavy atom. The van der Waals surface area contributed by atoms with Crippen molar-refractivity contribution in [2.45, 2.75) is 32.1 Å². The summed E-state index contributed by atoms with van der Waals surface area (Å²) in [4.78, 5) is 0.0702. The average molecular weight is 349 g/mol. The summed E-state index contributed by atoms with van der Waals surface area (Å²) in [7, 11) is 2.14. The van der Waals surface area contributed by atoms with Crippen molar-refractivity contribution in [3.63, 3.8) is 0 Å². The van der Waals surface area contributed by atoms with E-state index < -0.39 is 36.9 Å². The van der Waals surface area contributed by atoms with Crippen molar-refractivity contribution in [1.29, 1.82) is 0 Å². The number of hydrogen-bond donors (Lipinski definition) is 0. The summed E-state index contributed by atoms with van der Waals surface area (Å²) in [6.07, 6.45) is -9.67. The summed E-state index contributed by atoms with van der Waals surface area (Å²) >= 11 is 0. The third kappa shape index (κ3) is 5.63. The zero-order valence-electron chi connectivity index (χ0n) is 11.8. The van der Waals surface area contributed by atoms with Gasteiger partial charge in [-0.2, -0.15) is 26.3 Å². The minimum absolute atomic E-state index is 0.0702. The Morgan fingerprint density at radius 2 is 1.45 bits per heavy atom. The van der Waals surface area contributed by atoms with E-state index in [-0.39, 0.29) is 21.7 Å². The second-order valence-electron chi connectivity index (χ2n) is 5.17. The predicted molar refractivity (Wildman–Crippen MR) is 74.2 cm³/mol. The molecule has 1 atom stereocenters. The van der Waals surface area contributed by atoms with Crippen molar-refractivity contribution in [3.05, 3.63) is 23.5 Å². The van der Waals surface area contributed by atoms with Crippen LogP contribution in [0, 0.1) is 5.82 Å². The van der Waals surface area contributed by atoms with E-state index in [0.717, 1.165) is 6.07 Å². The van der Waals surface area contributed by atoms with Gasteiger partial charge < -0.3 is 4.90 Å². The van der Waals surface area contributed by atoms with Gasteiger partial charge in [-0.25, -0.2) is 4.39 Å². The van der Waals surface area contributed by atoms with Crippen LogP contribution >= 0.6 is 9.24 Å². The summed E-state index contributed by atoms with van der Waals surface area (Å²) in [5.41, 5.74) is -0.214. The molecule has 1 aromatic carbocycles. The number of benzene rings is 1. The smallest absolute Gasteiger partial charge is 0.353 e. The van der Waals surface area contributed by atoms with Gasteiger partial charge in [0.15, 0.2) is 0 Å². The highest BCUT2D eigenvalue weighted by molar-refractivity contribution is 7.27. The van der Waals surface area contributed by atoms with Crippen molar-refractivity contribution in [3.8, 4) is 0 Å². The molecule has 0 N–H and O–H groups in total. The van der Waals surface area contributed by atoms with Gasteiger partial charge in [-0.1, -0.05) is 13.8 Å². The lowest BCUT2D eigenvalue weighted by atomic mass is 10.0. The second-order valence-corrected chi connectivity index (χ2v) is 5.79. The molecule has 0 heterocycles. The van der Waals surface area contributed by atoms with E-state index >= 15 is 0 Å². The lowest BCUT2D eigenvalue weighted by Crippen LogP contribution is -2.41. The number of anilines is 1. The Bertz CT molecular complexity index is 483. The van der Waals surface area contributed by atoms with E-state index in [9.17, 15) is 30.7 Å². The van der Waals surface area contributed by atoms with Gasteiger partial charge in [0.25, 0.3) is 0 Å². The van der Waals surface area contributed by atoms with Crippen LogP contribution in [0.3, 0.4) is 0 Å². The summed E-state index contributed by atoms with van der Waals surface area (Å²) in [6, 6.07) is 1.82. The first kappa shape index (κ1) is 19.0. The molecule has 1 aromatic rings. The van der Waals surface area contributed by atoms with Crippen LogP contribution in [-0.2, 0) is 0 Å². The molecule has 9 heteroatoms. The maximum Gasteiger partial charge on any atom is 0.405 e. The summed E-state index contributed by atoms with van der Waals surface area (Å²) in [5.74, 6) is -1.08. The number of halogens is 7. The number of hydrogen-bond acceptors (Lipinski definition) is 1. The van der Waals surface area contributed by atoms with E-state index in [2.05, 4.69) is 9.24 Å². The van der Waals surface area contributed by atoms with E-state index in [0.29, 0.717) is 6.07 Å². The molecule has 0 bridgehead atoms. The summed E-state index contributed by atoms with van der Waals surface area (Å²) in [5, 5.41) is 0.236. The van der Waals surface area contributed by atoms with Crippen LogP contribution in [-0.4, -0.2) is 25.4 Å². The summed E-state index contributed by atoms with van der Waals surface area (Å²) < 4.78 is 88.8. The topological polar surface area (TPSA) is 3.24 Å². The molecule has 0 fully saturated rings. The molecule has 0 amide bonds. The third-order valence-electron chi connectivity index (χ3n) is 2.83. The van der Waals surface area contributed by atoms with E-state index in [4.69, 9.17) is 0 Å². The molecule has 22 heavy (non-hydrogen) atoms. The first-order valence-electron chi connectivity index (χ1n) is 6.27. The molecule has 0 aliphatic carbocycles. The fourth-order valence-corrected chi connectivity index (χ4v) is 2.73. The molecule has 0 aromatic heterocycles. The van der Waals surface area contributed by atoms with Crippen LogP contribution in [0.25, 0.3) is 0 Å². The molecule has 0 radical (unpaired) electrons. The third-order valence-corrected chi connectivity index (χ3v) is 3.31. The minimum Gasteiger partial charge on any atom is -0.353 e. The molecular weight excluding hydrogens is 334 g/mol. The van der Waals surface area contributed by atoms with Crippen molar-refractivity contribution >= 4 is 20.2 Å². The van der Waals surface area contributed by atoms with Crippen LogP contribution in [0.5, 0.6) is 0 Å². The highest BCUT2D eigenvalue weighted by atomic mass is 31.0. The Balaban J connectivity index is 3.25. The Morgan fingerprint density at radius 1 is 1.00 bits per heavy atom. The molecule has 0 saturated heterocycles. The predicted octanol–water partition coefficient (Wildman–Crippen LogP) is 4.38. The molecule has 1 rings (SSSR count). The van der Waals surface area contributed by atoms with Crippen LogP contribution in [0.15, 0.2) is 12.1 Å². The SMILES string of the molecule is CC(C)c1c(F)cc(N(CC(F)(F)F)CC(F)(F)F)cc1P. The average Bonchev–Trinajstić information content (AvgIpc) is 2.22. The molecule has 0 saturated carbocycles. The summed E-state index contributed by atoms with van der Waals surface area (Å²) in [6.45, 7) is -0.266. The first-order chi connectivity index (χ1) is 9.80. The van der Waals surface area contributed by atoms with E-state index in [1.807, 2.05) is 0 Å². The monoisotopic (exact) mass is 349 g/mol. The first-order valence-corrected chi connectivity index (χ1v) is 6.85. The zero-order valence-corrected chi connectivity index (χ0v) is 13.0. The quantitative estimate of drug-likeness (QED) is 0.576. The highest BCUT2D eigenvalue weighted by Gasteiger charge is 2.37. The van der Waals surface area contributed by atoms with Gasteiger partial charge in [-0.15, -0.1) is 9.24 Å². The molecule has 126 valence electrons. The van der Waals surface area contributed by atoms with Gasteiger partial charge in [0, 0.05) is 5.69 Å². The molecule has 0 aliphatic rings. The Kier molecular flexibility index (Phi) is 5.71. The fraction of sp³-hybridized carbons (Fsp3) is 0.538. The minimum atomic E-state index is -4.83. The lowest BCUT2D eigenvalue weighted by Gasteiger charge is -2.28. The standard InChI is InChI=1S/C13H15F7NP/c1-7(2)11-9(14)3-8(4-10(11)22)21(5-12(15,16)17)6-13(18,19)20/h3-4,7H,5-6,22H2,1-2H3. The molecular formula is C13H15F7NP. The number of rotatable bonds is 4. The zero-order chi connectivity index (χ0) is 17.3.